The molecule has 1 heterocycles. The predicted octanol–water partition coefficient (Wildman–Crippen LogP) is 2.44. The second-order valence-corrected chi connectivity index (χ2v) is 5.67. The molecule has 0 aromatic rings. The fourth-order valence-electron chi connectivity index (χ4n) is 1.83. The van der Waals surface area contributed by atoms with E-state index in [0.29, 0.717) is 0 Å². The first-order valence-electron chi connectivity index (χ1n) is 7.14. The van der Waals surface area contributed by atoms with Crippen molar-refractivity contribution in [1.82, 2.24) is 0 Å². The van der Waals surface area contributed by atoms with Gasteiger partial charge in [0.05, 0.1) is 12.2 Å². The fourth-order valence-corrected chi connectivity index (χ4v) is 1.83. The first-order valence-corrected chi connectivity index (χ1v) is 7.14. The van der Waals surface area contributed by atoms with Crippen molar-refractivity contribution in [3.63, 3.8) is 0 Å². The van der Waals surface area contributed by atoms with Gasteiger partial charge in [0.25, 0.3) is 0 Å². The molecule has 0 N–H and O–H groups in total. The number of esters is 2. The zero-order chi connectivity index (χ0) is 16.8. The lowest BCUT2D eigenvalue weighted by atomic mass is 10.2. The molecule has 1 fully saturated rings. The zero-order valence-corrected chi connectivity index (χ0v) is 14.3. The molecule has 0 saturated carbocycles. The number of hydrogen-bond donors (Lipinski definition) is 0. The Morgan fingerprint density at radius 2 is 1.19 bits per heavy atom. The molecule has 1 aliphatic rings. The zero-order valence-electron chi connectivity index (χ0n) is 14.3. The summed E-state index contributed by atoms with van der Waals surface area (Å²) in [5, 5.41) is 0. The van der Waals surface area contributed by atoms with E-state index in [2.05, 4.69) is 0 Å². The highest BCUT2D eigenvalue weighted by molar-refractivity contribution is 5.67. The Morgan fingerprint density at radius 3 is 1.33 bits per heavy atom. The van der Waals surface area contributed by atoms with E-state index < -0.39 is 12.2 Å². The molecule has 124 valence electrons. The second-order valence-electron chi connectivity index (χ2n) is 5.67. The smallest absolute Gasteiger partial charge is 0.303 e. The Balaban J connectivity index is 0.000000394. The largest absolute Gasteiger partial charge is 0.459 e. The number of ether oxygens (including phenoxy) is 4. The van der Waals surface area contributed by atoms with Crippen molar-refractivity contribution < 1.29 is 28.5 Å². The van der Waals surface area contributed by atoms with Crippen LogP contribution in [0.25, 0.3) is 0 Å². The SMILES string of the molecule is CC(=O)OC(C)C(C)OC(C)=O.CC1OC(C)(C)OC1C. The molecule has 0 spiro atoms. The summed E-state index contributed by atoms with van der Waals surface area (Å²) in [6.45, 7) is 13.9. The van der Waals surface area contributed by atoms with Crippen LogP contribution in [0, 0.1) is 0 Å². The summed E-state index contributed by atoms with van der Waals surface area (Å²) >= 11 is 0. The normalized spacial score (nSPS) is 26.1. The molecule has 0 radical (unpaired) electrons. The summed E-state index contributed by atoms with van der Waals surface area (Å²) in [6.07, 6.45) is -0.321. The van der Waals surface area contributed by atoms with Crippen LogP contribution in [-0.4, -0.2) is 42.1 Å². The summed E-state index contributed by atoms with van der Waals surface area (Å²) in [7, 11) is 0. The van der Waals surface area contributed by atoms with E-state index in [9.17, 15) is 9.59 Å². The van der Waals surface area contributed by atoms with E-state index in [-0.39, 0.29) is 29.9 Å². The molecule has 4 atom stereocenters. The van der Waals surface area contributed by atoms with E-state index in [1.165, 1.54) is 13.8 Å². The van der Waals surface area contributed by atoms with Gasteiger partial charge in [-0.15, -0.1) is 0 Å². The van der Waals surface area contributed by atoms with Crippen LogP contribution in [0.5, 0.6) is 0 Å². The van der Waals surface area contributed by atoms with Crippen LogP contribution in [0.1, 0.15) is 55.4 Å². The highest BCUT2D eigenvalue weighted by Crippen LogP contribution is 2.26. The van der Waals surface area contributed by atoms with Gasteiger partial charge in [-0.05, 0) is 41.5 Å². The third kappa shape index (κ3) is 8.67. The lowest BCUT2D eigenvalue weighted by Crippen LogP contribution is -2.29. The van der Waals surface area contributed by atoms with Gasteiger partial charge >= 0.3 is 11.9 Å². The Bertz CT molecular complexity index is 320. The van der Waals surface area contributed by atoms with Crippen molar-refractivity contribution in [1.29, 1.82) is 0 Å². The average molecular weight is 304 g/mol. The molecule has 4 unspecified atom stereocenters. The molecule has 0 aromatic heterocycles. The van der Waals surface area contributed by atoms with Gasteiger partial charge in [-0.1, -0.05) is 0 Å². The average Bonchev–Trinajstić information content (AvgIpc) is 2.49. The lowest BCUT2D eigenvalue weighted by Gasteiger charge is -2.18. The topological polar surface area (TPSA) is 71.1 Å². The van der Waals surface area contributed by atoms with Crippen molar-refractivity contribution >= 4 is 11.9 Å². The van der Waals surface area contributed by atoms with Gasteiger partial charge in [0, 0.05) is 13.8 Å². The van der Waals surface area contributed by atoms with Gasteiger partial charge in [-0.3, -0.25) is 9.59 Å². The maximum atomic E-state index is 10.5. The van der Waals surface area contributed by atoms with E-state index in [1.54, 1.807) is 13.8 Å². The summed E-state index contributed by atoms with van der Waals surface area (Å²) in [4.78, 5) is 21.0. The highest BCUT2D eigenvalue weighted by Gasteiger charge is 2.35. The van der Waals surface area contributed by atoms with Gasteiger partial charge in [0.15, 0.2) is 5.79 Å². The number of hydrogen-bond acceptors (Lipinski definition) is 6. The van der Waals surface area contributed by atoms with Crippen LogP contribution in [0.3, 0.4) is 0 Å². The molecule has 1 saturated heterocycles. The maximum Gasteiger partial charge on any atom is 0.303 e. The molecule has 1 aliphatic heterocycles. The lowest BCUT2D eigenvalue weighted by molar-refractivity contribution is -0.162. The van der Waals surface area contributed by atoms with Gasteiger partial charge in [-0.25, -0.2) is 0 Å². The third-order valence-electron chi connectivity index (χ3n) is 2.97. The number of carbonyl (C=O) groups excluding carboxylic acids is 2. The standard InChI is InChI=1S/C8H14O4.C7H14O2/c1-5(11-7(3)9)6(2)12-8(4)10;1-5-6(2)9-7(3,4)8-5/h5-6H,1-4H3;5-6H,1-4H3. The van der Waals surface area contributed by atoms with Gasteiger partial charge < -0.3 is 18.9 Å². The number of rotatable bonds is 3. The van der Waals surface area contributed by atoms with Crippen LogP contribution < -0.4 is 0 Å². The Kier molecular flexibility index (Phi) is 7.89. The molecule has 0 aliphatic carbocycles. The summed E-state index contributed by atoms with van der Waals surface area (Å²) in [5.74, 6) is -1.11. The Labute approximate surface area is 127 Å². The van der Waals surface area contributed by atoms with E-state index >= 15 is 0 Å². The van der Waals surface area contributed by atoms with E-state index in [4.69, 9.17) is 18.9 Å². The van der Waals surface area contributed by atoms with Gasteiger partial charge in [0.2, 0.25) is 0 Å². The minimum Gasteiger partial charge on any atom is -0.459 e. The first kappa shape index (κ1) is 19.9. The van der Waals surface area contributed by atoms with Crippen LogP contribution in [0.2, 0.25) is 0 Å². The molecule has 21 heavy (non-hydrogen) atoms. The summed E-state index contributed by atoms with van der Waals surface area (Å²) < 4.78 is 20.5. The minimum absolute atomic E-state index is 0.236. The third-order valence-corrected chi connectivity index (χ3v) is 2.97. The van der Waals surface area contributed by atoms with E-state index in [0.717, 1.165) is 0 Å². The first-order chi connectivity index (χ1) is 9.44. The predicted molar refractivity (Wildman–Crippen MR) is 77.6 cm³/mol. The Hall–Kier alpha value is -1.14. The molecular formula is C15H28O6. The van der Waals surface area contributed by atoms with Crippen molar-refractivity contribution in [2.45, 2.75) is 85.6 Å². The molecule has 0 amide bonds. The van der Waals surface area contributed by atoms with Crippen LogP contribution in [-0.2, 0) is 28.5 Å². The van der Waals surface area contributed by atoms with Crippen molar-refractivity contribution in [2.75, 3.05) is 0 Å². The maximum absolute atomic E-state index is 10.5. The molecule has 1 rings (SSSR count). The van der Waals surface area contributed by atoms with Gasteiger partial charge in [-0.2, -0.15) is 0 Å². The molecular weight excluding hydrogens is 276 g/mol. The monoisotopic (exact) mass is 304 g/mol. The van der Waals surface area contributed by atoms with E-state index in [1.807, 2.05) is 27.7 Å². The minimum atomic E-state index is -0.397. The Morgan fingerprint density at radius 1 is 0.905 bits per heavy atom. The second kappa shape index (κ2) is 8.34. The van der Waals surface area contributed by atoms with Crippen molar-refractivity contribution in [2.24, 2.45) is 0 Å². The quantitative estimate of drug-likeness (QED) is 0.746. The van der Waals surface area contributed by atoms with Crippen molar-refractivity contribution in [3.8, 4) is 0 Å². The van der Waals surface area contributed by atoms with Gasteiger partial charge in [0.1, 0.15) is 12.2 Å². The van der Waals surface area contributed by atoms with Crippen molar-refractivity contribution in [3.05, 3.63) is 0 Å². The molecule has 0 bridgehead atoms. The number of carbonyl (C=O) groups is 2. The van der Waals surface area contributed by atoms with Crippen LogP contribution in [0.15, 0.2) is 0 Å². The highest BCUT2D eigenvalue weighted by atomic mass is 16.7. The summed E-state index contributed by atoms with van der Waals surface area (Å²) in [6, 6.07) is 0. The molecule has 0 aromatic carbocycles. The van der Waals surface area contributed by atoms with Crippen LogP contribution >= 0.6 is 0 Å². The molecule has 6 nitrogen and oxygen atoms in total. The fraction of sp³-hybridized carbons (Fsp3) is 0.867. The van der Waals surface area contributed by atoms with Crippen LogP contribution in [0.4, 0.5) is 0 Å². The molecule has 6 heteroatoms. The summed E-state index contributed by atoms with van der Waals surface area (Å²) in [5.41, 5.74) is 0.